The van der Waals surface area contributed by atoms with Crippen LogP contribution in [0.15, 0.2) is 42.5 Å². The van der Waals surface area contributed by atoms with Crippen molar-refractivity contribution in [3.63, 3.8) is 0 Å². The van der Waals surface area contributed by atoms with Crippen molar-refractivity contribution in [1.29, 1.82) is 0 Å². The van der Waals surface area contributed by atoms with Gasteiger partial charge in [-0.2, -0.15) is 0 Å². The van der Waals surface area contributed by atoms with Gasteiger partial charge in [0.2, 0.25) is 0 Å². The van der Waals surface area contributed by atoms with Gasteiger partial charge in [0.05, 0.1) is 7.11 Å². The highest BCUT2D eigenvalue weighted by Crippen LogP contribution is 2.25. The summed E-state index contributed by atoms with van der Waals surface area (Å²) in [4.78, 5) is 0. The molecule has 2 rings (SSSR count). The molecule has 2 aromatic rings. The average molecular weight is 308 g/mol. The number of nitrogens with one attached hydrogen (secondary N) is 1. The molecule has 0 aliphatic heterocycles. The standard InChI is InChI=1S/C17H19ClFNO/c1-11(13-5-4-6-15(18)9-13)20-12(2)14-7-8-17(21-3)16(19)10-14/h4-12,20H,1-3H3/t11-,12?/m1/s1. The molecule has 0 aliphatic rings. The number of benzene rings is 2. The van der Waals surface area contributed by atoms with Gasteiger partial charge in [-0.05, 0) is 49.2 Å². The molecule has 1 N–H and O–H groups in total. The first-order valence-corrected chi connectivity index (χ1v) is 7.24. The van der Waals surface area contributed by atoms with Gasteiger partial charge in [-0.1, -0.05) is 29.8 Å². The molecule has 2 atom stereocenters. The van der Waals surface area contributed by atoms with E-state index >= 15 is 0 Å². The molecule has 112 valence electrons. The smallest absolute Gasteiger partial charge is 0.165 e. The van der Waals surface area contributed by atoms with E-state index < -0.39 is 0 Å². The zero-order valence-corrected chi connectivity index (χ0v) is 13.1. The highest BCUT2D eigenvalue weighted by Gasteiger charge is 2.13. The number of methoxy groups -OCH3 is 1. The van der Waals surface area contributed by atoms with E-state index in [0.717, 1.165) is 11.1 Å². The van der Waals surface area contributed by atoms with Crippen molar-refractivity contribution in [2.24, 2.45) is 0 Å². The number of hydrogen-bond acceptors (Lipinski definition) is 2. The highest BCUT2D eigenvalue weighted by molar-refractivity contribution is 6.30. The van der Waals surface area contributed by atoms with Crippen molar-refractivity contribution >= 4 is 11.6 Å². The molecule has 0 spiro atoms. The van der Waals surface area contributed by atoms with E-state index in [9.17, 15) is 4.39 Å². The Hall–Kier alpha value is -1.58. The maximum Gasteiger partial charge on any atom is 0.165 e. The van der Waals surface area contributed by atoms with Crippen molar-refractivity contribution in [3.8, 4) is 5.75 Å². The minimum absolute atomic E-state index is 0.0133. The Balaban J connectivity index is 2.10. The summed E-state index contributed by atoms with van der Waals surface area (Å²) in [5, 5.41) is 4.15. The predicted octanol–water partition coefficient (Wildman–Crippen LogP) is 4.90. The lowest BCUT2D eigenvalue weighted by molar-refractivity contribution is 0.385. The molecule has 0 amide bonds. The van der Waals surface area contributed by atoms with Gasteiger partial charge in [0.15, 0.2) is 11.6 Å². The lowest BCUT2D eigenvalue weighted by atomic mass is 10.0. The molecule has 0 bridgehead atoms. The van der Waals surface area contributed by atoms with Crippen LogP contribution in [-0.2, 0) is 0 Å². The largest absolute Gasteiger partial charge is 0.494 e. The summed E-state index contributed by atoms with van der Waals surface area (Å²) in [5.41, 5.74) is 1.98. The molecule has 0 saturated carbocycles. The highest BCUT2D eigenvalue weighted by atomic mass is 35.5. The molecule has 2 nitrogen and oxygen atoms in total. The first-order chi connectivity index (χ1) is 10.0. The van der Waals surface area contributed by atoms with Crippen molar-refractivity contribution in [2.75, 3.05) is 7.11 Å². The van der Waals surface area contributed by atoms with E-state index in [2.05, 4.69) is 12.2 Å². The Morgan fingerprint density at radius 2 is 1.71 bits per heavy atom. The summed E-state index contributed by atoms with van der Waals surface area (Å²) >= 11 is 6.01. The van der Waals surface area contributed by atoms with Gasteiger partial charge < -0.3 is 10.1 Å². The molecule has 4 heteroatoms. The number of hydrogen-bond donors (Lipinski definition) is 1. The fourth-order valence-electron chi connectivity index (χ4n) is 2.30. The van der Waals surface area contributed by atoms with Crippen LogP contribution in [0.4, 0.5) is 4.39 Å². The Bertz CT molecular complexity index is 617. The normalized spacial score (nSPS) is 13.8. The second-order valence-electron chi connectivity index (χ2n) is 5.06. The van der Waals surface area contributed by atoms with Gasteiger partial charge in [-0.15, -0.1) is 0 Å². The van der Waals surface area contributed by atoms with Gasteiger partial charge >= 0.3 is 0 Å². The topological polar surface area (TPSA) is 21.3 Å². The molecule has 0 aliphatic carbocycles. The van der Waals surface area contributed by atoms with Crippen molar-refractivity contribution in [1.82, 2.24) is 5.32 Å². The molecule has 0 saturated heterocycles. The molecule has 1 unspecified atom stereocenters. The summed E-state index contributed by atoms with van der Waals surface area (Å²) in [6, 6.07) is 12.9. The van der Waals surface area contributed by atoms with Crippen LogP contribution in [0.5, 0.6) is 5.75 Å². The molecule has 0 radical (unpaired) electrons. The molecular formula is C17H19ClFNO. The lowest BCUT2D eigenvalue weighted by Gasteiger charge is -2.21. The molecule has 0 heterocycles. The summed E-state index contributed by atoms with van der Waals surface area (Å²) in [7, 11) is 1.46. The van der Waals surface area contributed by atoms with Gasteiger partial charge in [0.25, 0.3) is 0 Å². The Labute approximate surface area is 129 Å². The second-order valence-corrected chi connectivity index (χ2v) is 5.50. The van der Waals surface area contributed by atoms with E-state index in [1.165, 1.54) is 13.2 Å². The molecule has 0 fully saturated rings. The lowest BCUT2D eigenvalue weighted by Crippen LogP contribution is -2.22. The van der Waals surface area contributed by atoms with E-state index in [-0.39, 0.29) is 23.7 Å². The second kappa shape index (κ2) is 6.92. The Morgan fingerprint density at radius 3 is 2.29 bits per heavy atom. The zero-order chi connectivity index (χ0) is 15.4. The van der Waals surface area contributed by atoms with Gasteiger partial charge in [-0.25, -0.2) is 4.39 Å². The molecule has 0 aromatic heterocycles. The van der Waals surface area contributed by atoms with Crippen LogP contribution >= 0.6 is 11.6 Å². The van der Waals surface area contributed by atoms with Crippen LogP contribution in [0, 0.1) is 5.82 Å². The van der Waals surface area contributed by atoms with Crippen LogP contribution in [0.2, 0.25) is 5.02 Å². The first kappa shape index (κ1) is 15.8. The molecular weight excluding hydrogens is 289 g/mol. The summed E-state index contributed by atoms with van der Waals surface area (Å²) in [5.74, 6) is -0.0899. The first-order valence-electron chi connectivity index (χ1n) is 6.86. The van der Waals surface area contributed by atoms with Gasteiger partial charge in [-0.3, -0.25) is 0 Å². The predicted molar refractivity (Wildman–Crippen MR) is 84.4 cm³/mol. The van der Waals surface area contributed by atoms with Crippen molar-refractivity contribution < 1.29 is 9.13 Å². The van der Waals surface area contributed by atoms with E-state index in [0.29, 0.717) is 5.02 Å². The summed E-state index contributed by atoms with van der Waals surface area (Å²) in [6.45, 7) is 4.06. The van der Waals surface area contributed by atoms with Crippen molar-refractivity contribution in [3.05, 3.63) is 64.4 Å². The quantitative estimate of drug-likeness (QED) is 0.848. The van der Waals surface area contributed by atoms with Crippen LogP contribution in [0.25, 0.3) is 0 Å². The number of rotatable bonds is 5. The van der Waals surface area contributed by atoms with Crippen LogP contribution in [0.1, 0.15) is 37.1 Å². The third-order valence-corrected chi connectivity index (χ3v) is 3.76. The molecule has 21 heavy (non-hydrogen) atoms. The third kappa shape index (κ3) is 3.96. The Morgan fingerprint density at radius 1 is 1.05 bits per heavy atom. The maximum atomic E-state index is 13.8. The fourth-order valence-corrected chi connectivity index (χ4v) is 2.49. The monoisotopic (exact) mass is 307 g/mol. The SMILES string of the molecule is COc1ccc(C(C)N[C@H](C)c2cccc(Cl)c2)cc1F. The van der Waals surface area contributed by atoms with Crippen LogP contribution < -0.4 is 10.1 Å². The number of halogens is 2. The molecule has 2 aromatic carbocycles. The summed E-state index contributed by atoms with van der Waals surface area (Å²) in [6.07, 6.45) is 0. The third-order valence-electron chi connectivity index (χ3n) is 3.52. The van der Waals surface area contributed by atoms with E-state index in [1.54, 1.807) is 6.07 Å². The van der Waals surface area contributed by atoms with Gasteiger partial charge in [0.1, 0.15) is 0 Å². The van der Waals surface area contributed by atoms with Crippen LogP contribution in [-0.4, -0.2) is 7.11 Å². The minimum Gasteiger partial charge on any atom is -0.494 e. The fraction of sp³-hybridized carbons (Fsp3) is 0.294. The van der Waals surface area contributed by atoms with E-state index in [4.69, 9.17) is 16.3 Å². The number of ether oxygens (including phenoxy) is 1. The zero-order valence-electron chi connectivity index (χ0n) is 12.4. The maximum absolute atomic E-state index is 13.8. The summed E-state index contributed by atoms with van der Waals surface area (Å²) < 4.78 is 18.7. The Kier molecular flexibility index (Phi) is 5.21. The van der Waals surface area contributed by atoms with Crippen LogP contribution in [0.3, 0.4) is 0 Å². The minimum atomic E-state index is -0.348. The average Bonchev–Trinajstić information content (AvgIpc) is 2.47. The van der Waals surface area contributed by atoms with Crippen molar-refractivity contribution in [2.45, 2.75) is 25.9 Å². The van der Waals surface area contributed by atoms with Gasteiger partial charge in [0, 0.05) is 17.1 Å². The van der Waals surface area contributed by atoms with E-state index in [1.807, 2.05) is 37.3 Å².